The number of halogens is 1. The first-order chi connectivity index (χ1) is 11.3. The molecule has 1 fully saturated rings. The van der Waals surface area contributed by atoms with Crippen molar-refractivity contribution >= 4 is 33.9 Å². The Bertz CT molecular complexity index is 671. The van der Waals surface area contributed by atoms with E-state index in [0.29, 0.717) is 28.1 Å². The van der Waals surface area contributed by atoms with Gasteiger partial charge in [-0.05, 0) is 30.2 Å². The van der Waals surface area contributed by atoms with Crippen molar-refractivity contribution in [3.63, 3.8) is 0 Å². The van der Waals surface area contributed by atoms with Crippen molar-refractivity contribution in [2.24, 2.45) is 0 Å². The van der Waals surface area contributed by atoms with E-state index in [9.17, 15) is 9.59 Å². The Hall–Kier alpha value is -2.02. The van der Waals surface area contributed by atoms with Crippen molar-refractivity contribution in [3.8, 4) is 11.5 Å². The van der Waals surface area contributed by atoms with Crippen LogP contribution in [-0.2, 0) is 19.1 Å². The quantitative estimate of drug-likeness (QED) is 0.429. The minimum Gasteiger partial charge on any atom is -0.493 e. The van der Waals surface area contributed by atoms with Crippen LogP contribution in [0, 0.1) is 0 Å². The van der Waals surface area contributed by atoms with Crippen LogP contribution in [0.1, 0.15) is 32.8 Å². The summed E-state index contributed by atoms with van der Waals surface area (Å²) in [5.41, 5.74) is 0.388. The minimum absolute atomic E-state index is 0.181. The van der Waals surface area contributed by atoms with Gasteiger partial charge < -0.3 is 18.9 Å². The Morgan fingerprint density at radius 3 is 2.33 bits per heavy atom. The molecule has 1 aliphatic heterocycles. The van der Waals surface area contributed by atoms with Crippen LogP contribution in [0.4, 0.5) is 0 Å². The smallest absolute Gasteiger partial charge is 0.348 e. The van der Waals surface area contributed by atoms with E-state index in [1.807, 2.05) is 6.92 Å². The van der Waals surface area contributed by atoms with Gasteiger partial charge in [0.2, 0.25) is 0 Å². The van der Waals surface area contributed by atoms with Gasteiger partial charge in [-0.2, -0.15) is 0 Å². The molecule has 1 heterocycles. The van der Waals surface area contributed by atoms with Crippen LogP contribution < -0.4 is 9.47 Å². The molecule has 24 heavy (non-hydrogen) atoms. The molecule has 0 bridgehead atoms. The van der Waals surface area contributed by atoms with E-state index in [-0.39, 0.29) is 5.57 Å². The summed E-state index contributed by atoms with van der Waals surface area (Å²) in [6, 6.07) is 3.40. The molecule has 1 aliphatic rings. The monoisotopic (exact) mass is 398 g/mol. The van der Waals surface area contributed by atoms with Crippen molar-refractivity contribution in [2.75, 3.05) is 13.7 Å². The molecule has 1 saturated heterocycles. The molecule has 0 amide bonds. The molecule has 0 spiro atoms. The zero-order chi connectivity index (χ0) is 17.9. The molecule has 0 radical (unpaired) electrons. The second-order valence-corrected chi connectivity index (χ2v) is 6.46. The van der Waals surface area contributed by atoms with Crippen LogP contribution in [0.25, 0.3) is 6.08 Å². The summed E-state index contributed by atoms with van der Waals surface area (Å²) in [6.45, 7) is 5.55. The van der Waals surface area contributed by atoms with Crippen LogP contribution in [0.15, 0.2) is 22.2 Å². The standard InChI is InChI=1S/C17H19BrO6/c1-5-6-22-14-9-12(18)10(8-13(14)21-4)7-11-15(19)23-17(2,3)24-16(11)20/h7-9H,5-6H2,1-4H3. The van der Waals surface area contributed by atoms with Crippen LogP contribution in [-0.4, -0.2) is 31.4 Å². The number of rotatable bonds is 5. The van der Waals surface area contributed by atoms with Gasteiger partial charge in [-0.1, -0.05) is 22.9 Å². The second kappa shape index (κ2) is 7.25. The van der Waals surface area contributed by atoms with Gasteiger partial charge in [0.25, 0.3) is 5.79 Å². The number of hydrogen-bond donors (Lipinski definition) is 0. The van der Waals surface area contributed by atoms with E-state index < -0.39 is 17.7 Å². The maximum atomic E-state index is 12.0. The van der Waals surface area contributed by atoms with Gasteiger partial charge in [0.15, 0.2) is 11.5 Å². The number of methoxy groups -OCH3 is 1. The number of hydrogen-bond acceptors (Lipinski definition) is 6. The lowest BCUT2D eigenvalue weighted by Crippen LogP contribution is -2.41. The van der Waals surface area contributed by atoms with Crippen LogP contribution >= 0.6 is 15.9 Å². The molecule has 0 atom stereocenters. The van der Waals surface area contributed by atoms with Crippen molar-refractivity contribution < 1.29 is 28.5 Å². The van der Waals surface area contributed by atoms with Gasteiger partial charge in [-0.3, -0.25) is 0 Å². The van der Waals surface area contributed by atoms with E-state index in [4.69, 9.17) is 18.9 Å². The predicted molar refractivity (Wildman–Crippen MR) is 90.7 cm³/mol. The van der Waals surface area contributed by atoms with Crippen LogP contribution in [0.3, 0.4) is 0 Å². The van der Waals surface area contributed by atoms with E-state index in [1.54, 1.807) is 12.1 Å². The highest BCUT2D eigenvalue weighted by molar-refractivity contribution is 9.10. The highest BCUT2D eigenvalue weighted by Crippen LogP contribution is 2.35. The van der Waals surface area contributed by atoms with Gasteiger partial charge in [-0.15, -0.1) is 0 Å². The molecule has 1 aromatic rings. The number of carbonyl (C=O) groups excluding carboxylic acids is 2. The third-order valence-corrected chi connectivity index (χ3v) is 3.85. The Balaban J connectivity index is 2.38. The van der Waals surface area contributed by atoms with Gasteiger partial charge in [0, 0.05) is 18.3 Å². The van der Waals surface area contributed by atoms with E-state index >= 15 is 0 Å². The summed E-state index contributed by atoms with van der Waals surface area (Å²) in [6.07, 6.45) is 2.26. The highest BCUT2D eigenvalue weighted by Gasteiger charge is 2.39. The summed E-state index contributed by atoms with van der Waals surface area (Å²) >= 11 is 3.41. The summed E-state index contributed by atoms with van der Waals surface area (Å²) in [5, 5.41) is 0. The lowest BCUT2D eigenvalue weighted by molar-refractivity contribution is -0.222. The van der Waals surface area contributed by atoms with Crippen LogP contribution in [0.2, 0.25) is 0 Å². The van der Waals surface area contributed by atoms with Crippen molar-refractivity contribution in [1.82, 2.24) is 0 Å². The largest absolute Gasteiger partial charge is 0.493 e. The van der Waals surface area contributed by atoms with Crippen molar-refractivity contribution in [1.29, 1.82) is 0 Å². The zero-order valence-electron chi connectivity index (χ0n) is 14.0. The molecule has 1 aromatic carbocycles. The molecule has 7 heteroatoms. The molecule has 130 valence electrons. The summed E-state index contributed by atoms with van der Waals surface area (Å²) in [5.74, 6) is -1.65. The van der Waals surface area contributed by atoms with Gasteiger partial charge >= 0.3 is 11.9 Å². The maximum Gasteiger partial charge on any atom is 0.348 e. The number of carbonyl (C=O) groups is 2. The van der Waals surface area contributed by atoms with Gasteiger partial charge in [-0.25, -0.2) is 9.59 Å². The summed E-state index contributed by atoms with van der Waals surface area (Å²) < 4.78 is 21.7. The van der Waals surface area contributed by atoms with E-state index in [2.05, 4.69) is 15.9 Å². The third kappa shape index (κ3) is 4.08. The molecule has 0 unspecified atom stereocenters. The topological polar surface area (TPSA) is 71.1 Å². The number of ether oxygens (including phenoxy) is 4. The molecular weight excluding hydrogens is 380 g/mol. The fraction of sp³-hybridized carbons (Fsp3) is 0.412. The molecule has 0 aromatic heterocycles. The third-order valence-electron chi connectivity index (χ3n) is 3.16. The second-order valence-electron chi connectivity index (χ2n) is 5.61. The fourth-order valence-electron chi connectivity index (χ4n) is 2.08. The molecular formula is C17H19BrO6. The molecule has 6 nitrogen and oxygen atoms in total. The first-order valence-electron chi connectivity index (χ1n) is 7.46. The average molecular weight is 399 g/mol. The van der Waals surface area contributed by atoms with E-state index in [0.717, 1.165) is 6.42 Å². The van der Waals surface area contributed by atoms with Crippen LogP contribution in [0.5, 0.6) is 11.5 Å². The van der Waals surface area contributed by atoms with Crippen molar-refractivity contribution in [2.45, 2.75) is 33.0 Å². The lowest BCUT2D eigenvalue weighted by Gasteiger charge is -2.29. The molecule has 0 N–H and O–H groups in total. The summed E-state index contributed by atoms with van der Waals surface area (Å²) in [4.78, 5) is 24.1. The molecule has 2 rings (SSSR count). The Morgan fingerprint density at radius 2 is 1.79 bits per heavy atom. The first kappa shape index (κ1) is 18.3. The predicted octanol–water partition coefficient (Wildman–Crippen LogP) is 3.47. The first-order valence-corrected chi connectivity index (χ1v) is 8.25. The average Bonchev–Trinajstić information content (AvgIpc) is 2.49. The maximum absolute atomic E-state index is 12.0. The van der Waals surface area contributed by atoms with E-state index in [1.165, 1.54) is 27.0 Å². The Morgan fingerprint density at radius 1 is 1.17 bits per heavy atom. The Kier molecular flexibility index (Phi) is 5.54. The van der Waals surface area contributed by atoms with Gasteiger partial charge in [0.1, 0.15) is 5.57 Å². The van der Waals surface area contributed by atoms with Crippen molar-refractivity contribution in [3.05, 3.63) is 27.7 Å². The number of benzene rings is 1. The SMILES string of the molecule is CCCOc1cc(Br)c(C=C2C(=O)OC(C)(C)OC2=O)cc1OC. The Labute approximate surface area is 148 Å². The van der Waals surface area contributed by atoms with Gasteiger partial charge in [0.05, 0.1) is 13.7 Å². The molecule has 0 saturated carbocycles. The summed E-state index contributed by atoms with van der Waals surface area (Å²) in [7, 11) is 1.52. The number of cyclic esters (lactones) is 2. The molecule has 0 aliphatic carbocycles. The number of esters is 2. The highest BCUT2D eigenvalue weighted by atomic mass is 79.9. The minimum atomic E-state index is -1.27. The normalized spacial score (nSPS) is 16.3. The zero-order valence-corrected chi connectivity index (χ0v) is 15.6. The fourth-order valence-corrected chi connectivity index (χ4v) is 2.52. The lowest BCUT2D eigenvalue weighted by atomic mass is 10.1.